The van der Waals surface area contributed by atoms with Crippen molar-refractivity contribution in [2.45, 2.75) is 79.1 Å². The third-order valence-corrected chi connectivity index (χ3v) is 3.28. The van der Waals surface area contributed by atoms with Gasteiger partial charge >= 0.3 is 11.9 Å². The molecular formula is C20H38N2O8Zr. The van der Waals surface area contributed by atoms with E-state index in [4.69, 9.17) is 0 Å². The van der Waals surface area contributed by atoms with Crippen LogP contribution in [-0.4, -0.2) is 50.1 Å². The largest absolute Gasteiger partial charge is 0.361 e. The van der Waals surface area contributed by atoms with Crippen molar-refractivity contribution in [3.8, 4) is 0 Å². The molecule has 2 N–H and O–H groups in total. The number of carbonyl (C=O) groups excluding carboxylic acids is 4. The number of hydrogen-bond donors (Lipinski definition) is 2. The number of carbonyl (C=O) groups is 4. The zero-order chi connectivity index (χ0) is 23.0. The van der Waals surface area contributed by atoms with Crippen molar-refractivity contribution in [2.75, 3.05) is 26.3 Å². The van der Waals surface area contributed by atoms with Gasteiger partial charge in [-0.3, -0.25) is 19.4 Å². The number of hydrogen-bond acceptors (Lipinski definition) is 8. The molecule has 0 rings (SSSR count). The van der Waals surface area contributed by atoms with Gasteiger partial charge < -0.3 is 10.6 Å². The fourth-order valence-electron chi connectivity index (χ4n) is 1.65. The van der Waals surface area contributed by atoms with E-state index in [1.807, 2.05) is 27.7 Å². The Bertz CT molecular complexity index is 436. The van der Waals surface area contributed by atoms with E-state index in [9.17, 15) is 19.2 Å². The topological polar surface area (TPSA) is 129 Å². The summed E-state index contributed by atoms with van der Waals surface area (Å²) in [5.74, 6) is -1.45. The Hall–Kier alpha value is -1.32. The van der Waals surface area contributed by atoms with Gasteiger partial charge in [-0.15, -0.1) is 0 Å². The normalized spacial score (nSPS) is 9.42. The Morgan fingerprint density at radius 2 is 0.968 bits per heavy atom. The van der Waals surface area contributed by atoms with Crippen molar-refractivity contribution in [2.24, 2.45) is 0 Å². The third-order valence-electron chi connectivity index (χ3n) is 3.28. The van der Waals surface area contributed by atoms with Crippen LogP contribution in [0.4, 0.5) is 0 Å². The summed E-state index contributed by atoms with van der Waals surface area (Å²) in [6.45, 7) is 8.33. The molecule has 0 saturated carbocycles. The van der Waals surface area contributed by atoms with Crippen LogP contribution in [-0.2, 0) is 64.9 Å². The van der Waals surface area contributed by atoms with E-state index in [0.717, 1.165) is 38.5 Å². The van der Waals surface area contributed by atoms with Gasteiger partial charge in [0.25, 0.3) is 0 Å². The Morgan fingerprint density at radius 1 is 0.613 bits per heavy atom. The maximum Gasteiger partial charge on any atom is 0.361 e. The summed E-state index contributed by atoms with van der Waals surface area (Å²) in [6, 6.07) is 0. The first-order valence-corrected chi connectivity index (χ1v) is 10.6. The second kappa shape index (κ2) is 26.7. The van der Waals surface area contributed by atoms with Crippen LogP contribution in [0.3, 0.4) is 0 Å². The van der Waals surface area contributed by atoms with Crippen LogP contribution in [0, 0.1) is 0 Å². The van der Waals surface area contributed by atoms with Gasteiger partial charge in [0.2, 0.25) is 11.8 Å². The van der Waals surface area contributed by atoms with E-state index in [-0.39, 0.29) is 51.1 Å². The first-order valence-electron chi connectivity index (χ1n) is 10.6. The Labute approximate surface area is 204 Å². The van der Waals surface area contributed by atoms with E-state index >= 15 is 0 Å². The van der Waals surface area contributed by atoms with Gasteiger partial charge in [-0.1, -0.05) is 40.5 Å². The maximum atomic E-state index is 11.0. The molecule has 31 heavy (non-hydrogen) atoms. The molecule has 180 valence electrons. The molecule has 0 heterocycles. The monoisotopic (exact) mass is 524 g/mol. The summed E-state index contributed by atoms with van der Waals surface area (Å²) >= 11 is 0. The molecule has 0 spiro atoms. The minimum atomic E-state index is -0.574. The minimum absolute atomic E-state index is 0. The van der Waals surface area contributed by atoms with E-state index in [1.165, 1.54) is 0 Å². The van der Waals surface area contributed by atoms with Crippen LogP contribution >= 0.6 is 0 Å². The van der Waals surface area contributed by atoms with E-state index in [2.05, 4.69) is 30.2 Å². The molecule has 2 amide bonds. The second-order valence-electron chi connectivity index (χ2n) is 6.32. The molecule has 0 aromatic heterocycles. The number of nitrogens with one attached hydrogen (secondary N) is 2. The van der Waals surface area contributed by atoms with Crippen molar-refractivity contribution in [1.29, 1.82) is 0 Å². The van der Waals surface area contributed by atoms with Gasteiger partial charge in [0, 0.05) is 39.0 Å². The van der Waals surface area contributed by atoms with Crippen molar-refractivity contribution >= 4 is 23.8 Å². The first-order chi connectivity index (χ1) is 14.4. The molecule has 11 heteroatoms. The zero-order valence-corrected chi connectivity index (χ0v) is 21.7. The molecule has 0 unspecified atom stereocenters. The Morgan fingerprint density at radius 3 is 1.26 bits per heavy atom. The SMILES string of the molecule is CCCCOOC(=O)CNC(=O)CCC.CCCCOOC(=O)CNC(=O)CCC.[Zr]. The molecule has 0 aromatic rings. The van der Waals surface area contributed by atoms with Crippen LogP contribution < -0.4 is 10.6 Å². The summed E-state index contributed by atoms with van der Waals surface area (Å²) in [7, 11) is 0. The number of rotatable bonds is 16. The molecule has 0 bridgehead atoms. The predicted octanol–water partition coefficient (Wildman–Crippen LogP) is 2.35. The van der Waals surface area contributed by atoms with E-state index in [0.29, 0.717) is 26.1 Å². The standard InChI is InChI=1S/2C10H19NO4.Zr/c2*1-3-5-7-14-15-10(13)8-11-9(12)6-4-2;/h2*3-8H2,1-2H3,(H,11,12);. The number of amides is 2. The average Bonchev–Trinajstić information content (AvgIpc) is 2.72. The van der Waals surface area contributed by atoms with Gasteiger partial charge in [-0.25, -0.2) is 9.59 Å². The van der Waals surface area contributed by atoms with Crippen LogP contribution in [0.15, 0.2) is 0 Å². The zero-order valence-electron chi connectivity index (χ0n) is 19.3. The minimum Gasteiger partial charge on any atom is -0.345 e. The van der Waals surface area contributed by atoms with Gasteiger partial charge in [0.05, 0.1) is 13.2 Å². The number of unbranched alkanes of at least 4 members (excludes halogenated alkanes) is 2. The fraction of sp³-hybridized carbons (Fsp3) is 0.800. The molecule has 0 fully saturated rings. The molecular weight excluding hydrogens is 487 g/mol. The van der Waals surface area contributed by atoms with Crippen LogP contribution in [0.1, 0.15) is 79.1 Å². The van der Waals surface area contributed by atoms with E-state index in [1.54, 1.807) is 0 Å². The van der Waals surface area contributed by atoms with Crippen molar-refractivity contribution in [3.63, 3.8) is 0 Å². The molecule has 0 aliphatic rings. The summed E-state index contributed by atoms with van der Waals surface area (Å²) in [6.07, 6.45) is 6.00. The van der Waals surface area contributed by atoms with Crippen molar-refractivity contribution < 1.29 is 64.9 Å². The summed E-state index contributed by atoms with van der Waals surface area (Å²) in [5.41, 5.74) is 0. The second-order valence-corrected chi connectivity index (χ2v) is 6.32. The Balaban J connectivity index is -0.000000490. The first kappa shape index (κ1) is 34.3. The van der Waals surface area contributed by atoms with Gasteiger partial charge in [0.15, 0.2) is 0 Å². The molecule has 0 aliphatic carbocycles. The van der Waals surface area contributed by atoms with Crippen LogP contribution in [0.2, 0.25) is 0 Å². The van der Waals surface area contributed by atoms with Crippen LogP contribution in [0.5, 0.6) is 0 Å². The maximum absolute atomic E-state index is 11.0. The molecule has 0 atom stereocenters. The molecule has 10 nitrogen and oxygen atoms in total. The molecule has 0 radical (unpaired) electrons. The Kier molecular flexibility index (Phi) is 29.6. The van der Waals surface area contributed by atoms with Crippen molar-refractivity contribution in [3.05, 3.63) is 0 Å². The van der Waals surface area contributed by atoms with E-state index < -0.39 is 11.9 Å². The van der Waals surface area contributed by atoms with Gasteiger partial charge in [0.1, 0.15) is 13.1 Å². The molecule has 0 aliphatic heterocycles. The fourth-order valence-corrected chi connectivity index (χ4v) is 1.65. The van der Waals surface area contributed by atoms with Crippen molar-refractivity contribution in [1.82, 2.24) is 10.6 Å². The molecule has 0 saturated heterocycles. The van der Waals surface area contributed by atoms with Crippen LogP contribution in [0.25, 0.3) is 0 Å². The third kappa shape index (κ3) is 28.7. The smallest absolute Gasteiger partial charge is 0.345 e. The summed E-state index contributed by atoms with van der Waals surface area (Å²) < 4.78 is 0. The predicted molar refractivity (Wildman–Crippen MR) is 110 cm³/mol. The van der Waals surface area contributed by atoms with Gasteiger partial charge in [-0.05, 0) is 25.7 Å². The summed E-state index contributed by atoms with van der Waals surface area (Å²) in [5, 5.41) is 4.86. The van der Waals surface area contributed by atoms with Gasteiger partial charge in [-0.2, -0.15) is 9.78 Å². The quantitative estimate of drug-likeness (QED) is 0.178. The average molecular weight is 526 g/mol. The summed E-state index contributed by atoms with van der Waals surface area (Å²) in [4.78, 5) is 61.9. The molecule has 0 aromatic carbocycles.